The molecule has 32 heavy (non-hydrogen) atoms. The maximum atomic E-state index is 12.8. The highest BCUT2D eigenvalue weighted by atomic mass is 16.5. The molecule has 0 spiro atoms. The number of ether oxygens (including phenoxy) is 1. The molecule has 3 saturated heterocycles. The molecule has 0 atom stereocenters. The van der Waals surface area contributed by atoms with Gasteiger partial charge in [-0.25, -0.2) is 0 Å². The Labute approximate surface area is 192 Å². The Hall–Kier alpha value is -2.28. The predicted molar refractivity (Wildman–Crippen MR) is 129 cm³/mol. The summed E-state index contributed by atoms with van der Waals surface area (Å²) in [7, 11) is 1.84. The number of morpholine rings is 1. The SMILES string of the molecule is CN=C(NCc1ccc(N2CCC(C)CC2)cc1)N1CCC(C(=O)N2CCOCC2)CC1. The second-order valence-corrected chi connectivity index (χ2v) is 9.44. The van der Waals surface area contributed by atoms with Gasteiger partial charge in [0.2, 0.25) is 5.91 Å². The molecule has 3 aliphatic heterocycles. The molecule has 4 rings (SSSR count). The molecule has 176 valence electrons. The van der Waals surface area contributed by atoms with E-state index < -0.39 is 0 Å². The monoisotopic (exact) mass is 441 g/mol. The molecule has 0 bridgehead atoms. The largest absolute Gasteiger partial charge is 0.378 e. The molecule has 3 heterocycles. The van der Waals surface area contributed by atoms with Gasteiger partial charge >= 0.3 is 0 Å². The van der Waals surface area contributed by atoms with E-state index in [1.165, 1.54) is 24.1 Å². The van der Waals surface area contributed by atoms with E-state index in [9.17, 15) is 4.79 Å². The fourth-order valence-corrected chi connectivity index (χ4v) is 4.98. The number of carbonyl (C=O) groups is 1. The van der Waals surface area contributed by atoms with Crippen LogP contribution >= 0.6 is 0 Å². The smallest absolute Gasteiger partial charge is 0.225 e. The summed E-state index contributed by atoms with van der Waals surface area (Å²) in [5.41, 5.74) is 2.59. The Morgan fingerprint density at radius 1 is 0.969 bits per heavy atom. The number of nitrogens with one attached hydrogen (secondary N) is 1. The van der Waals surface area contributed by atoms with E-state index in [1.807, 2.05) is 11.9 Å². The zero-order chi connectivity index (χ0) is 22.3. The number of piperidine rings is 2. The van der Waals surface area contributed by atoms with Crippen LogP contribution in [0.4, 0.5) is 5.69 Å². The lowest BCUT2D eigenvalue weighted by Crippen LogP contribution is -2.49. The van der Waals surface area contributed by atoms with Crippen molar-refractivity contribution >= 4 is 17.6 Å². The molecule has 7 heteroatoms. The van der Waals surface area contributed by atoms with Crippen LogP contribution in [0.1, 0.15) is 38.2 Å². The third kappa shape index (κ3) is 5.74. The zero-order valence-corrected chi connectivity index (χ0v) is 19.8. The molecule has 3 aliphatic rings. The predicted octanol–water partition coefficient (Wildman–Crippen LogP) is 2.57. The van der Waals surface area contributed by atoms with Gasteiger partial charge in [-0.05, 0) is 49.3 Å². The van der Waals surface area contributed by atoms with Crippen LogP contribution in [-0.2, 0) is 16.1 Å². The molecule has 1 aromatic rings. The summed E-state index contributed by atoms with van der Waals surface area (Å²) in [5, 5.41) is 3.52. The van der Waals surface area contributed by atoms with Crippen molar-refractivity contribution in [1.29, 1.82) is 0 Å². The lowest BCUT2D eigenvalue weighted by atomic mass is 9.95. The Balaban J connectivity index is 1.23. The standard InChI is InChI=1S/C25H39N5O2/c1-20-7-11-28(12-8-20)23-5-3-21(4-6-23)19-27-25(26-2)30-13-9-22(10-14-30)24(31)29-15-17-32-18-16-29/h3-6,20,22H,7-19H2,1-2H3,(H,26,27). The number of nitrogens with zero attached hydrogens (tertiary/aromatic N) is 4. The Morgan fingerprint density at radius 2 is 1.62 bits per heavy atom. The number of benzene rings is 1. The minimum Gasteiger partial charge on any atom is -0.378 e. The number of hydrogen-bond donors (Lipinski definition) is 1. The summed E-state index contributed by atoms with van der Waals surface area (Å²) in [6, 6.07) is 8.94. The van der Waals surface area contributed by atoms with E-state index >= 15 is 0 Å². The first kappa shape index (κ1) is 22.9. The fraction of sp³-hybridized carbons (Fsp3) is 0.680. The number of carbonyl (C=O) groups excluding carboxylic acids is 1. The van der Waals surface area contributed by atoms with Crippen LogP contribution < -0.4 is 10.2 Å². The number of likely N-dealkylation sites (tertiary alicyclic amines) is 1. The van der Waals surface area contributed by atoms with Gasteiger partial charge in [0.25, 0.3) is 0 Å². The Kier molecular flexibility index (Phi) is 7.90. The second kappa shape index (κ2) is 11.0. The van der Waals surface area contributed by atoms with Crippen LogP contribution in [0.3, 0.4) is 0 Å². The van der Waals surface area contributed by atoms with Gasteiger partial charge in [-0.3, -0.25) is 9.79 Å². The van der Waals surface area contributed by atoms with Gasteiger partial charge in [-0.15, -0.1) is 0 Å². The van der Waals surface area contributed by atoms with Crippen molar-refractivity contribution in [2.45, 2.75) is 39.2 Å². The van der Waals surface area contributed by atoms with Gasteiger partial charge in [0, 0.05) is 64.5 Å². The highest BCUT2D eigenvalue weighted by Gasteiger charge is 2.30. The number of rotatable bonds is 4. The van der Waals surface area contributed by atoms with Crippen molar-refractivity contribution < 1.29 is 9.53 Å². The van der Waals surface area contributed by atoms with Crippen molar-refractivity contribution in [3.63, 3.8) is 0 Å². The van der Waals surface area contributed by atoms with Gasteiger partial charge in [0.1, 0.15) is 0 Å². The molecule has 0 unspecified atom stereocenters. The maximum absolute atomic E-state index is 12.8. The lowest BCUT2D eigenvalue weighted by molar-refractivity contribution is -0.140. The maximum Gasteiger partial charge on any atom is 0.225 e. The first-order valence-corrected chi connectivity index (χ1v) is 12.3. The van der Waals surface area contributed by atoms with E-state index in [2.05, 4.69) is 51.3 Å². The molecule has 0 saturated carbocycles. The van der Waals surface area contributed by atoms with E-state index in [1.54, 1.807) is 0 Å². The molecule has 0 aliphatic carbocycles. The van der Waals surface area contributed by atoms with Crippen molar-refractivity contribution in [3.05, 3.63) is 29.8 Å². The molecule has 1 N–H and O–H groups in total. The minimum atomic E-state index is 0.132. The third-order valence-electron chi connectivity index (χ3n) is 7.21. The van der Waals surface area contributed by atoms with E-state index in [-0.39, 0.29) is 5.92 Å². The van der Waals surface area contributed by atoms with Gasteiger partial charge in [-0.2, -0.15) is 0 Å². The first-order chi connectivity index (χ1) is 15.6. The summed E-state index contributed by atoms with van der Waals surface area (Å²) in [6.45, 7) is 9.97. The minimum absolute atomic E-state index is 0.132. The third-order valence-corrected chi connectivity index (χ3v) is 7.21. The summed E-state index contributed by atoms with van der Waals surface area (Å²) in [6.07, 6.45) is 4.35. The molecule has 0 aromatic heterocycles. The average molecular weight is 442 g/mol. The molecular formula is C25H39N5O2. The van der Waals surface area contributed by atoms with Gasteiger partial charge in [0.15, 0.2) is 5.96 Å². The highest BCUT2D eigenvalue weighted by molar-refractivity contribution is 5.81. The summed E-state index contributed by atoms with van der Waals surface area (Å²) in [4.78, 5) is 24.0. The van der Waals surface area contributed by atoms with Crippen LogP contribution in [0.2, 0.25) is 0 Å². The van der Waals surface area contributed by atoms with Crippen LogP contribution in [-0.4, -0.2) is 81.2 Å². The Morgan fingerprint density at radius 3 is 2.25 bits per heavy atom. The van der Waals surface area contributed by atoms with Crippen LogP contribution in [0, 0.1) is 11.8 Å². The van der Waals surface area contributed by atoms with Crippen molar-refractivity contribution in [3.8, 4) is 0 Å². The topological polar surface area (TPSA) is 60.4 Å². The number of guanidine groups is 1. The molecule has 3 fully saturated rings. The lowest BCUT2D eigenvalue weighted by Gasteiger charge is -2.36. The number of amides is 1. The summed E-state index contributed by atoms with van der Waals surface area (Å²) in [5.74, 6) is 2.22. The summed E-state index contributed by atoms with van der Waals surface area (Å²) >= 11 is 0. The Bertz CT molecular complexity index is 759. The zero-order valence-electron chi connectivity index (χ0n) is 19.8. The van der Waals surface area contributed by atoms with Crippen molar-refractivity contribution in [1.82, 2.24) is 15.1 Å². The van der Waals surface area contributed by atoms with E-state index in [0.717, 1.165) is 70.5 Å². The van der Waals surface area contributed by atoms with Crippen LogP contribution in [0.25, 0.3) is 0 Å². The van der Waals surface area contributed by atoms with Crippen LogP contribution in [0.5, 0.6) is 0 Å². The van der Waals surface area contributed by atoms with Gasteiger partial charge < -0.3 is 24.8 Å². The van der Waals surface area contributed by atoms with E-state index in [0.29, 0.717) is 19.1 Å². The normalized spacial score (nSPS) is 21.7. The number of hydrogen-bond acceptors (Lipinski definition) is 4. The van der Waals surface area contributed by atoms with E-state index in [4.69, 9.17) is 4.74 Å². The second-order valence-electron chi connectivity index (χ2n) is 9.44. The fourth-order valence-electron chi connectivity index (χ4n) is 4.98. The number of anilines is 1. The quantitative estimate of drug-likeness (QED) is 0.575. The van der Waals surface area contributed by atoms with Gasteiger partial charge in [0.05, 0.1) is 13.2 Å². The average Bonchev–Trinajstić information content (AvgIpc) is 2.86. The molecular weight excluding hydrogens is 402 g/mol. The first-order valence-electron chi connectivity index (χ1n) is 12.3. The molecule has 1 amide bonds. The number of aliphatic imine (C=N–C) groups is 1. The van der Waals surface area contributed by atoms with Crippen LogP contribution in [0.15, 0.2) is 29.3 Å². The molecule has 1 aromatic carbocycles. The molecule has 7 nitrogen and oxygen atoms in total. The van der Waals surface area contributed by atoms with Gasteiger partial charge in [-0.1, -0.05) is 19.1 Å². The molecule has 0 radical (unpaired) electrons. The van der Waals surface area contributed by atoms with Crippen molar-refractivity contribution in [2.75, 3.05) is 64.4 Å². The van der Waals surface area contributed by atoms with Crippen molar-refractivity contribution in [2.24, 2.45) is 16.8 Å². The highest BCUT2D eigenvalue weighted by Crippen LogP contribution is 2.23. The summed E-state index contributed by atoms with van der Waals surface area (Å²) < 4.78 is 5.38.